The highest BCUT2D eigenvalue weighted by atomic mass is 19.4. The molecule has 3 aromatic heterocycles. The third-order valence-electron chi connectivity index (χ3n) is 4.48. The largest absolute Gasteiger partial charge is 0.504 e. The van der Waals surface area contributed by atoms with E-state index in [0.29, 0.717) is 29.0 Å². The Labute approximate surface area is 160 Å². The average molecular weight is 407 g/mol. The van der Waals surface area contributed by atoms with Crippen molar-refractivity contribution >= 4 is 22.8 Å². The Kier molecular flexibility index (Phi) is 4.03. The number of carbonyl (C=O) groups is 1. The fourth-order valence-corrected chi connectivity index (χ4v) is 3.26. The fraction of sp³-hybridized carbons (Fsp3) is 0.158. The number of furan rings is 2. The van der Waals surface area contributed by atoms with E-state index in [1.54, 1.807) is 20.2 Å². The lowest BCUT2D eigenvalue weighted by Gasteiger charge is -2.11. The number of aromatic hydroxyl groups is 1. The van der Waals surface area contributed by atoms with Crippen LogP contribution in [0.3, 0.4) is 0 Å². The molecule has 0 saturated carbocycles. The molecule has 150 valence electrons. The van der Waals surface area contributed by atoms with E-state index in [-0.39, 0.29) is 28.2 Å². The number of benzene rings is 2. The van der Waals surface area contributed by atoms with Crippen LogP contribution in [-0.4, -0.2) is 20.8 Å². The molecule has 0 saturated heterocycles. The smallest absolute Gasteiger partial charge is 0.419 e. The molecule has 2 N–H and O–H groups in total. The molecule has 2 bridgehead atoms. The van der Waals surface area contributed by atoms with Crippen molar-refractivity contribution in [2.75, 3.05) is 5.32 Å². The van der Waals surface area contributed by atoms with E-state index in [1.165, 1.54) is 10.7 Å². The van der Waals surface area contributed by atoms with E-state index in [1.807, 2.05) is 0 Å². The van der Waals surface area contributed by atoms with Crippen LogP contribution in [0.5, 0.6) is 5.75 Å². The Balaban J connectivity index is 1.74. The van der Waals surface area contributed by atoms with Crippen LogP contribution in [0.4, 0.5) is 23.2 Å². The summed E-state index contributed by atoms with van der Waals surface area (Å²) < 4.78 is 58.9. The lowest BCUT2D eigenvalue weighted by molar-refractivity contribution is -0.139. The van der Waals surface area contributed by atoms with Crippen molar-refractivity contribution in [3.05, 3.63) is 53.1 Å². The minimum absolute atomic E-state index is 0.0641. The maximum Gasteiger partial charge on any atom is 0.419 e. The molecule has 0 spiro atoms. The number of rotatable bonds is 3. The van der Waals surface area contributed by atoms with E-state index in [4.69, 9.17) is 4.42 Å². The molecule has 1 amide bonds. The third kappa shape index (κ3) is 3.06. The molecule has 4 rings (SSSR count). The number of halogens is 4. The zero-order valence-electron chi connectivity index (χ0n) is 15.1. The number of anilines is 1. The number of phenols is 1. The lowest BCUT2D eigenvalue weighted by atomic mass is 9.99. The van der Waals surface area contributed by atoms with Crippen LogP contribution in [-0.2, 0) is 13.2 Å². The summed E-state index contributed by atoms with van der Waals surface area (Å²) in [7, 11) is 1.68. The summed E-state index contributed by atoms with van der Waals surface area (Å²) in [4.78, 5) is 12.8. The molecule has 0 unspecified atom stereocenters. The van der Waals surface area contributed by atoms with Gasteiger partial charge in [0.2, 0.25) is 0 Å². The molecule has 29 heavy (non-hydrogen) atoms. The maximum absolute atomic E-state index is 13.8. The van der Waals surface area contributed by atoms with Gasteiger partial charge in [0.25, 0.3) is 5.91 Å². The van der Waals surface area contributed by atoms with Gasteiger partial charge < -0.3 is 14.8 Å². The first-order valence-electron chi connectivity index (χ1n) is 8.32. The first-order chi connectivity index (χ1) is 13.6. The van der Waals surface area contributed by atoms with Crippen molar-refractivity contribution in [2.24, 2.45) is 7.05 Å². The molecule has 10 heteroatoms. The molecule has 6 nitrogen and oxygen atoms in total. The molecule has 0 fully saturated rings. The van der Waals surface area contributed by atoms with E-state index >= 15 is 0 Å². The zero-order chi connectivity index (χ0) is 21.1. The molecular weight excluding hydrogens is 394 g/mol. The summed E-state index contributed by atoms with van der Waals surface area (Å²) in [5, 5.41) is 16.6. The number of fused-ring (bicyclic) bond motifs is 2. The average Bonchev–Trinajstić information content (AvgIpc) is 3.24. The molecule has 1 aromatic carbocycles. The highest BCUT2D eigenvalue weighted by Crippen LogP contribution is 2.44. The quantitative estimate of drug-likeness (QED) is 0.483. The first kappa shape index (κ1) is 18.8. The number of alkyl halides is 3. The molecule has 0 radical (unpaired) electrons. The van der Waals surface area contributed by atoms with Gasteiger partial charge in [-0.05, 0) is 25.1 Å². The molecule has 0 aliphatic carbocycles. The van der Waals surface area contributed by atoms with Crippen LogP contribution >= 0.6 is 0 Å². The van der Waals surface area contributed by atoms with Crippen LogP contribution in [0.15, 0.2) is 34.9 Å². The second-order valence-corrected chi connectivity index (χ2v) is 6.52. The minimum Gasteiger partial charge on any atom is -0.504 e. The van der Waals surface area contributed by atoms with E-state index in [9.17, 15) is 27.5 Å². The summed E-state index contributed by atoms with van der Waals surface area (Å²) in [6.45, 7) is 1.71. The van der Waals surface area contributed by atoms with Crippen molar-refractivity contribution < 1.29 is 31.9 Å². The predicted octanol–water partition coefficient (Wildman–Crippen LogP) is 4.70. The van der Waals surface area contributed by atoms with Gasteiger partial charge in [0.15, 0.2) is 11.3 Å². The van der Waals surface area contributed by atoms with E-state index in [2.05, 4.69) is 10.4 Å². The number of amides is 1. The number of phenolic OH excluding ortho intramolecular Hbond substituents is 1. The number of aromatic nitrogens is 2. The van der Waals surface area contributed by atoms with Crippen molar-refractivity contribution in [3.8, 4) is 16.9 Å². The molecule has 0 atom stereocenters. The van der Waals surface area contributed by atoms with E-state index in [0.717, 1.165) is 6.07 Å². The number of carbonyl (C=O) groups excluding carboxylic acids is 1. The SMILES string of the molecule is Cc1nn(C)cc1-c1c(C(=O)Nc2ccc(C(F)(F)F)c(F)c2)c2cc(O)c1o2. The monoisotopic (exact) mass is 407 g/mol. The second kappa shape index (κ2) is 6.23. The Morgan fingerprint density at radius 1 is 1.28 bits per heavy atom. The van der Waals surface area contributed by atoms with Crippen molar-refractivity contribution in [2.45, 2.75) is 13.1 Å². The Hall–Kier alpha value is -3.56. The van der Waals surface area contributed by atoms with Gasteiger partial charge in [-0.3, -0.25) is 9.48 Å². The highest BCUT2D eigenvalue weighted by Gasteiger charge is 2.34. The summed E-state index contributed by atoms with van der Waals surface area (Å²) in [5.74, 6) is -2.39. The summed E-state index contributed by atoms with van der Waals surface area (Å²) in [6.07, 6.45) is -3.20. The fourth-order valence-electron chi connectivity index (χ4n) is 3.26. The lowest BCUT2D eigenvalue weighted by Crippen LogP contribution is -2.14. The molecule has 4 aromatic rings. The standard InChI is InChI=1S/C19H13F4N3O3/c1-8-10(7-26(2)25-8)15-16(14-6-13(27)17(15)29-14)18(28)24-9-3-4-11(12(20)5-9)19(21,22)23/h3-7,27H,1-2H3,(H,24,28). The van der Waals surface area contributed by atoms with Gasteiger partial charge in [-0.1, -0.05) is 0 Å². The summed E-state index contributed by atoms with van der Waals surface area (Å²) in [6, 6.07) is 3.36. The molecule has 0 aliphatic rings. The van der Waals surface area contributed by atoms with Gasteiger partial charge in [0.05, 0.1) is 16.8 Å². The normalized spacial score (nSPS) is 12.1. The Morgan fingerprint density at radius 2 is 2.00 bits per heavy atom. The summed E-state index contributed by atoms with van der Waals surface area (Å²) >= 11 is 0. The Bertz CT molecular complexity index is 1240. The number of hydrogen-bond donors (Lipinski definition) is 2. The maximum atomic E-state index is 13.8. The number of hydrogen-bond acceptors (Lipinski definition) is 4. The molecule has 0 aliphatic heterocycles. The van der Waals surface area contributed by atoms with Crippen LogP contribution < -0.4 is 5.32 Å². The number of nitrogens with one attached hydrogen (secondary N) is 1. The van der Waals surface area contributed by atoms with Gasteiger partial charge >= 0.3 is 6.18 Å². The van der Waals surface area contributed by atoms with Gasteiger partial charge in [-0.15, -0.1) is 0 Å². The van der Waals surface area contributed by atoms with Crippen LogP contribution in [0, 0.1) is 12.7 Å². The number of nitrogens with zero attached hydrogens (tertiary/aromatic N) is 2. The predicted molar refractivity (Wildman–Crippen MR) is 95.4 cm³/mol. The van der Waals surface area contributed by atoms with Gasteiger partial charge in [-0.25, -0.2) is 4.39 Å². The van der Waals surface area contributed by atoms with Crippen LogP contribution in [0.25, 0.3) is 22.3 Å². The highest BCUT2D eigenvalue weighted by molar-refractivity contribution is 6.17. The number of aryl methyl sites for hydroxylation is 2. The molecule has 3 heterocycles. The second-order valence-electron chi connectivity index (χ2n) is 6.52. The summed E-state index contributed by atoms with van der Waals surface area (Å²) in [5.41, 5.74) is 0.0655. The van der Waals surface area contributed by atoms with Gasteiger partial charge in [0, 0.05) is 36.1 Å². The minimum atomic E-state index is -4.84. The van der Waals surface area contributed by atoms with Crippen molar-refractivity contribution in [1.29, 1.82) is 0 Å². The van der Waals surface area contributed by atoms with Crippen molar-refractivity contribution in [3.63, 3.8) is 0 Å². The van der Waals surface area contributed by atoms with Crippen LogP contribution in [0.1, 0.15) is 21.6 Å². The van der Waals surface area contributed by atoms with Gasteiger partial charge in [-0.2, -0.15) is 18.3 Å². The van der Waals surface area contributed by atoms with Gasteiger partial charge in [0.1, 0.15) is 11.4 Å². The molecular formula is C19H13F4N3O3. The zero-order valence-corrected chi connectivity index (χ0v) is 15.1. The van der Waals surface area contributed by atoms with E-state index < -0.39 is 23.5 Å². The first-order valence-corrected chi connectivity index (χ1v) is 8.32. The third-order valence-corrected chi connectivity index (χ3v) is 4.48. The Morgan fingerprint density at radius 3 is 2.59 bits per heavy atom. The van der Waals surface area contributed by atoms with Crippen LogP contribution in [0.2, 0.25) is 0 Å². The van der Waals surface area contributed by atoms with Crippen molar-refractivity contribution in [1.82, 2.24) is 9.78 Å². The topological polar surface area (TPSA) is 80.3 Å².